The van der Waals surface area contributed by atoms with Crippen molar-refractivity contribution in [2.24, 2.45) is 0 Å². The Morgan fingerprint density at radius 3 is 2.43 bits per heavy atom. The molecule has 2 N–H and O–H groups in total. The topological polar surface area (TPSA) is 148 Å². The van der Waals surface area contributed by atoms with Crippen LogP contribution in [0.5, 0.6) is 5.75 Å². The number of carbonyl (C=O) groups excluding carboxylic acids is 1. The maximum Gasteiger partial charge on any atom is 0.335 e. The van der Waals surface area contributed by atoms with Crippen molar-refractivity contribution in [3.05, 3.63) is 106 Å². The molecule has 242 valence electrons. The van der Waals surface area contributed by atoms with E-state index in [2.05, 4.69) is 10.3 Å². The number of rotatable bonds is 8. The second kappa shape index (κ2) is 11.4. The van der Waals surface area contributed by atoms with Gasteiger partial charge in [-0.3, -0.25) is 9.10 Å². The van der Waals surface area contributed by atoms with E-state index in [9.17, 15) is 27.5 Å². The molecule has 1 unspecified atom stereocenters. The minimum absolute atomic E-state index is 0.0484. The lowest BCUT2D eigenvalue weighted by atomic mass is 9.79. The Balaban J connectivity index is 1.57. The minimum atomic E-state index is -3.75. The fourth-order valence-corrected chi connectivity index (χ4v) is 6.38. The number of hydrogen-bond acceptors (Lipinski definition) is 8. The smallest absolute Gasteiger partial charge is 0.335 e. The quantitative estimate of drug-likeness (QED) is 0.260. The van der Waals surface area contributed by atoms with Gasteiger partial charge in [-0.25, -0.2) is 22.6 Å². The summed E-state index contributed by atoms with van der Waals surface area (Å²) in [6, 6.07) is 15.1. The fraction of sp³-hybridized carbons (Fsp3) is 0.206. The summed E-state index contributed by atoms with van der Waals surface area (Å²) in [6.07, 6.45) is 2.89. The highest BCUT2D eigenvalue weighted by Gasteiger charge is 2.48. The Morgan fingerprint density at radius 1 is 1.09 bits per heavy atom. The lowest BCUT2D eigenvalue weighted by Gasteiger charge is -2.36. The molecule has 0 saturated carbocycles. The van der Waals surface area contributed by atoms with Crippen LogP contribution in [0.2, 0.25) is 0 Å². The number of carbonyl (C=O) groups is 2. The molecule has 0 fully saturated rings. The molecular formula is C34H30FN3O8S. The van der Waals surface area contributed by atoms with E-state index < -0.39 is 33.3 Å². The van der Waals surface area contributed by atoms with Crippen LogP contribution in [-0.4, -0.2) is 67.8 Å². The van der Waals surface area contributed by atoms with E-state index in [0.717, 1.165) is 6.26 Å². The van der Waals surface area contributed by atoms with Crippen LogP contribution in [0.15, 0.2) is 88.0 Å². The predicted octanol–water partition coefficient (Wildman–Crippen LogP) is 5.22. The number of sulfonamides is 1. The third kappa shape index (κ3) is 5.52. The highest BCUT2D eigenvalue weighted by Crippen LogP contribution is 2.52. The summed E-state index contributed by atoms with van der Waals surface area (Å²) in [5.74, 6) is -1.19. The molecule has 1 atom stereocenters. The first kappa shape index (κ1) is 31.5. The number of allylic oxidation sites excluding steroid dienone is 2. The Hall–Kier alpha value is -5.43. The molecule has 6 rings (SSSR count). The summed E-state index contributed by atoms with van der Waals surface area (Å²) >= 11 is 0. The Bertz CT molecular complexity index is 2180. The summed E-state index contributed by atoms with van der Waals surface area (Å²) in [6.45, 7) is 1.77. The third-order valence-corrected chi connectivity index (χ3v) is 9.53. The van der Waals surface area contributed by atoms with Crippen molar-refractivity contribution in [3.63, 3.8) is 0 Å². The highest BCUT2D eigenvalue weighted by atomic mass is 32.2. The molecule has 4 aromatic rings. The van der Waals surface area contributed by atoms with Gasteiger partial charge in [0.15, 0.2) is 5.58 Å². The van der Waals surface area contributed by atoms with E-state index in [1.165, 1.54) is 68.0 Å². The number of oxazole rings is 1. The molecule has 11 nitrogen and oxygen atoms in total. The molecule has 0 radical (unpaired) electrons. The number of carboxylic acids is 1. The molecule has 0 bridgehead atoms. The van der Waals surface area contributed by atoms with Crippen LogP contribution >= 0.6 is 0 Å². The molecule has 0 saturated heterocycles. The molecule has 3 aromatic carbocycles. The fourth-order valence-electron chi connectivity index (χ4n) is 5.82. The van der Waals surface area contributed by atoms with Crippen LogP contribution in [0.4, 0.5) is 4.39 Å². The molecule has 13 heteroatoms. The molecule has 1 amide bonds. The van der Waals surface area contributed by atoms with Crippen LogP contribution in [0.25, 0.3) is 33.9 Å². The monoisotopic (exact) mass is 659 g/mol. The number of likely N-dealkylation sites (N-methyl/N-ethyl adjacent to an activating group) is 1. The van der Waals surface area contributed by atoms with Crippen molar-refractivity contribution in [3.8, 4) is 17.2 Å². The molecule has 1 aliphatic carbocycles. The molecule has 0 spiro atoms. The van der Waals surface area contributed by atoms with Crippen molar-refractivity contribution >= 4 is 44.3 Å². The number of halogens is 1. The Labute approximate surface area is 269 Å². The van der Waals surface area contributed by atoms with E-state index in [4.69, 9.17) is 13.9 Å². The van der Waals surface area contributed by atoms with Gasteiger partial charge in [0.2, 0.25) is 15.9 Å². The summed E-state index contributed by atoms with van der Waals surface area (Å²) in [7, 11) is 0.662. The third-order valence-electron chi connectivity index (χ3n) is 8.31. The van der Waals surface area contributed by atoms with Crippen LogP contribution in [0.1, 0.15) is 34.8 Å². The second-order valence-electron chi connectivity index (χ2n) is 11.4. The van der Waals surface area contributed by atoms with E-state index in [1.54, 1.807) is 31.2 Å². The number of nitrogens with one attached hydrogen (secondary N) is 1. The van der Waals surface area contributed by atoms with Gasteiger partial charge in [0.1, 0.15) is 28.4 Å². The minimum Gasteiger partial charge on any atom is -0.496 e. The number of nitrogens with zero attached hydrogens (tertiary/aromatic N) is 2. The highest BCUT2D eigenvalue weighted by molar-refractivity contribution is 7.88. The van der Waals surface area contributed by atoms with E-state index in [-0.39, 0.29) is 29.2 Å². The Morgan fingerprint density at radius 2 is 1.79 bits per heavy atom. The molecule has 47 heavy (non-hydrogen) atoms. The van der Waals surface area contributed by atoms with Crippen LogP contribution in [0, 0.1) is 5.82 Å². The maximum absolute atomic E-state index is 13.8. The number of aromatic carboxylic acids is 1. The van der Waals surface area contributed by atoms with Crippen LogP contribution in [0.3, 0.4) is 0 Å². The second-order valence-corrected chi connectivity index (χ2v) is 13.4. The van der Waals surface area contributed by atoms with E-state index in [0.29, 0.717) is 50.4 Å². The SMILES string of the molecule is CNC(=O)C1=C(c2ccc(F)cc2)OC2(C)CC(N(C)S(C)(=O)=O)=C(c3ccc(OC)c(-c4nc5cc(C(=O)O)ccc5o4)c3)C=C12. The number of aromatic nitrogens is 1. The number of fused-ring (bicyclic) bond motifs is 2. The number of benzene rings is 3. The number of hydrogen-bond donors (Lipinski definition) is 2. The van der Waals surface area contributed by atoms with Crippen molar-refractivity contribution in [2.45, 2.75) is 18.9 Å². The first-order chi connectivity index (χ1) is 22.2. The van der Waals surface area contributed by atoms with Crippen molar-refractivity contribution in [1.82, 2.24) is 14.6 Å². The van der Waals surface area contributed by atoms with Gasteiger partial charge in [0, 0.05) is 42.9 Å². The van der Waals surface area contributed by atoms with Crippen molar-refractivity contribution in [2.75, 3.05) is 27.5 Å². The van der Waals surface area contributed by atoms with Crippen molar-refractivity contribution < 1.29 is 41.4 Å². The molecular weight excluding hydrogens is 629 g/mol. The van der Waals surface area contributed by atoms with Gasteiger partial charge in [0.05, 0.1) is 30.1 Å². The Kier molecular flexibility index (Phi) is 7.67. The summed E-state index contributed by atoms with van der Waals surface area (Å²) in [4.78, 5) is 29.4. The molecule has 1 aromatic heterocycles. The largest absolute Gasteiger partial charge is 0.496 e. The lowest BCUT2D eigenvalue weighted by molar-refractivity contribution is -0.116. The number of carboxylic acid groups (broad SMARTS) is 1. The van der Waals surface area contributed by atoms with Gasteiger partial charge in [-0.2, -0.15) is 0 Å². The zero-order valence-corrected chi connectivity index (χ0v) is 26.9. The van der Waals surface area contributed by atoms with E-state index in [1.807, 2.05) is 0 Å². The number of ether oxygens (including phenoxy) is 2. The van der Waals surface area contributed by atoms with Gasteiger partial charge < -0.3 is 24.3 Å². The van der Waals surface area contributed by atoms with Gasteiger partial charge in [-0.15, -0.1) is 0 Å². The predicted molar refractivity (Wildman–Crippen MR) is 172 cm³/mol. The molecule has 2 aliphatic rings. The normalized spacial score (nSPS) is 17.7. The maximum atomic E-state index is 13.8. The van der Waals surface area contributed by atoms with Gasteiger partial charge >= 0.3 is 5.97 Å². The van der Waals surface area contributed by atoms with E-state index >= 15 is 0 Å². The first-order valence-corrected chi connectivity index (χ1v) is 16.2. The first-order valence-electron chi connectivity index (χ1n) is 14.4. The van der Waals surface area contributed by atoms with Crippen molar-refractivity contribution in [1.29, 1.82) is 0 Å². The average molecular weight is 660 g/mol. The zero-order chi connectivity index (χ0) is 33.8. The van der Waals surface area contributed by atoms with Gasteiger partial charge in [-0.1, -0.05) is 6.07 Å². The average Bonchev–Trinajstić information content (AvgIpc) is 3.60. The van der Waals surface area contributed by atoms with Gasteiger partial charge in [0.25, 0.3) is 5.91 Å². The summed E-state index contributed by atoms with van der Waals surface area (Å²) in [5.41, 5.74) is 2.69. The van der Waals surface area contributed by atoms with Crippen LogP contribution < -0.4 is 10.1 Å². The summed E-state index contributed by atoms with van der Waals surface area (Å²) in [5, 5.41) is 12.1. The molecule has 1 aliphatic heterocycles. The number of methoxy groups -OCH3 is 1. The number of amides is 1. The standard InChI is InChI=1S/C34H30FN3O8S/c1-34-17-26(38(3)47(5,42)43)22(16-24(34)29(31(39)36-2)30(46-34)18-6-10-21(35)11-7-18)19-8-12-27(44-4)23(14-19)32-37-25-15-20(33(40)41)9-13-28(25)45-32/h6-16H,17H2,1-5H3,(H,36,39)(H,40,41). The van der Waals surface area contributed by atoms with Crippen LogP contribution in [-0.2, 0) is 19.6 Å². The zero-order valence-electron chi connectivity index (χ0n) is 26.0. The lowest BCUT2D eigenvalue weighted by Crippen LogP contribution is -2.37. The molecule has 2 heterocycles. The van der Waals surface area contributed by atoms with Gasteiger partial charge in [-0.05, 0) is 73.2 Å². The summed E-state index contributed by atoms with van der Waals surface area (Å²) < 4.78 is 58.9.